The molecular weight excluding hydrogens is 332 g/mol. The van der Waals surface area contributed by atoms with E-state index in [4.69, 9.17) is 4.74 Å². The first kappa shape index (κ1) is 19.4. The molecule has 1 amide bonds. The minimum absolute atomic E-state index is 0.0822. The second-order valence-corrected chi connectivity index (χ2v) is 6.11. The number of aldehydes is 1. The van der Waals surface area contributed by atoms with Gasteiger partial charge in [0.05, 0.1) is 5.69 Å². The molecule has 0 atom stereocenters. The van der Waals surface area contributed by atoms with Gasteiger partial charge in [-0.25, -0.2) is 0 Å². The Morgan fingerprint density at radius 1 is 1.27 bits per heavy atom. The molecule has 1 aliphatic rings. The average molecular weight is 356 g/mol. The van der Waals surface area contributed by atoms with Gasteiger partial charge in [0.15, 0.2) is 6.29 Å². The second-order valence-electron chi connectivity index (χ2n) is 6.11. The molecule has 2 rings (SSSR count). The fourth-order valence-corrected chi connectivity index (χ4v) is 3.04. The molecule has 0 unspecified atom stereocenters. The molecule has 0 bridgehead atoms. The highest BCUT2D eigenvalue weighted by Gasteiger charge is 2.23. The summed E-state index contributed by atoms with van der Waals surface area (Å²) in [5.74, 6) is -0.419. The van der Waals surface area contributed by atoms with Crippen LogP contribution in [-0.4, -0.2) is 29.8 Å². The number of H-pyrrole nitrogens is 1. The second kappa shape index (κ2) is 8.47. The Kier molecular flexibility index (Phi) is 6.33. The Morgan fingerprint density at radius 3 is 2.58 bits per heavy atom. The van der Waals surface area contributed by atoms with Crippen LogP contribution in [0.4, 0.5) is 0 Å². The molecule has 2 N–H and O–H groups in total. The third kappa shape index (κ3) is 4.02. The van der Waals surface area contributed by atoms with Gasteiger partial charge in [-0.3, -0.25) is 14.4 Å². The lowest BCUT2D eigenvalue weighted by atomic mass is 10.0. The molecule has 0 aliphatic carbocycles. The van der Waals surface area contributed by atoms with E-state index in [2.05, 4.69) is 16.9 Å². The van der Waals surface area contributed by atoms with Crippen LogP contribution in [0.15, 0.2) is 29.5 Å². The topological polar surface area (TPSA) is 88.3 Å². The van der Waals surface area contributed by atoms with Crippen LogP contribution >= 0.6 is 0 Å². The van der Waals surface area contributed by atoms with Crippen molar-refractivity contribution >= 4 is 24.2 Å². The normalized spacial score (nSPS) is 15.3. The van der Waals surface area contributed by atoms with Crippen molar-refractivity contribution in [3.63, 3.8) is 0 Å². The molecule has 2 heterocycles. The molecule has 0 fully saturated rings. The molecule has 1 aromatic rings. The fourth-order valence-electron chi connectivity index (χ4n) is 3.04. The zero-order valence-electron chi connectivity index (χ0n) is 15.4. The number of carbonyl (C=O) groups excluding carboxylic acids is 3. The van der Waals surface area contributed by atoms with Crippen molar-refractivity contribution in [2.24, 2.45) is 0 Å². The number of amides is 1. The molecule has 6 nitrogen and oxygen atoms in total. The summed E-state index contributed by atoms with van der Waals surface area (Å²) in [5, 5.41) is 2.86. The maximum Gasteiger partial charge on any atom is 0.306 e. The van der Waals surface area contributed by atoms with Crippen LogP contribution in [0, 0.1) is 6.92 Å². The first-order chi connectivity index (χ1) is 12.4. The zero-order chi connectivity index (χ0) is 19.3. The van der Waals surface area contributed by atoms with Crippen molar-refractivity contribution in [2.45, 2.75) is 40.0 Å². The number of esters is 1. The summed E-state index contributed by atoms with van der Waals surface area (Å²) in [6.07, 6.45) is 5.33. The minimum atomic E-state index is -0.336. The van der Waals surface area contributed by atoms with Crippen molar-refractivity contribution in [3.05, 3.63) is 52.0 Å². The zero-order valence-corrected chi connectivity index (χ0v) is 15.4. The lowest BCUT2D eigenvalue weighted by Crippen LogP contribution is -2.16. The molecule has 1 aromatic heterocycles. The highest BCUT2D eigenvalue weighted by atomic mass is 16.5. The number of allylic oxidation sites excluding steroid dienone is 1. The molecule has 0 saturated heterocycles. The number of rotatable bonds is 8. The lowest BCUT2D eigenvalue weighted by molar-refractivity contribution is -0.142. The quantitative estimate of drug-likeness (QED) is 0.426. The number of aromatic nitrogens is 1. The molecule has 0 radical (unpaired) electrons. The molecule has 26 heavy (non-hydrogen) atoms. The number of nitrogens with one attached hydrogen (secondary N) is 2. The number of aromatic amines is 1. The van der Waals surface area contributed by atoms with Crippen molar-refractivity contribution in [3.8, 4) is 0 Å². The van der Waals surface area contributed by atoms with E-state index < -0.39 is 0 Å². The summed E-state index contributed by atoms with van der Waals surface area (Å²) in [5.41, 5.74) is 5.24. The van der Waals surface area contributed by atoms with E-state index in [-0.39, 0.29) is 24.9 Å². The van der Waals surface area contributed by atoms with E-state index in [1.807, 2.05) is 26.8 Å². The average Bonchev–Trinajstić information content (AvgIpc) is 3.07. The van der Waals surface area contributed by atoms with Gasteiger partial charge in [0.1, 0.15) is 6.61 Å². The van der Waals surface area contributed by atoms with Crippen molar-refractivity contribution in [2.75, 3.05) is 6.61 Å². The fraction of sp³-hybridized carbons (Fsp3) is 0.350. The first-order valence-corrected chi connectivity index (χ1v) is 8.59. The Labute approximate surface area is 153 Å². The van der Waals surface area contributed by atoms with Crippen LogP contribution in [0.2, 0.25) is 0 Å². The van der Waals surface area contributed by atoms with Crippen LogP contribution in [0.1, 0.15) is 54.0 Å². The number of ether oxygens (including phenoxy) is 1. The maximum atomic E-state index is 12.0. The Hall–Kier alpha value is -2.89. The van der Waals surface area contributed by atoms with Crippen LogP contribution in [-0.2, 0) is 20.7 Å². The van der Waals surface area contributed by atoms with Gasteiger partial charge in [-0.15, -0.1) is 0 Å². The van der Waals surface area contributed by atoms with E-state index in [0.717, 1.165) is 40.0 Å². The Morgan fingerprint density at radius 2 is 2.00 bits per heavy atom. The monoisotopic (exact) mass is 356 g/mol. The molecule has 0 saturated carbocycles. The standard InChI is InChI=1S/C20H24N2O4/c1-5-9-26-19(24)8-7-15-13(4)16(21-18(15)11-23)10-17-12(3)14(6-2)20(25)22-17/h5,10-11,21H,1,6-9H2,2-4H3,(H,22,25)/b17-10-. The van der Waals surface area contributed by atoms with Gasteiger partial charge >= 0.3 is 5.97 Å². The molecular formula is C20H24N2O4. The van der Waals surface area contributed by atoms with Gasteiger partial charge in [0.25, 0.3) is 5.91 Å². The van der Waals surface area contributed by atoms with Gasteiger partial charge in [-0.1, -0.05) is 19.6 Å². The summed E-state index contributed by atoms with van der Waals surface area (Å²) in [4.78, 5) is 38.1. The van der Waals surface area contributed by atoms with Crippen LogP contribution in [0.3, 0.4) is 0 Å². The van der Waals surface area contributed by atoms with Gasteiger partial charge in [-0.2, -0.15) is 0 Å². The first-order valence-electron chi connectivity index (χ1n) is 8.59. The third-order valence-corrected chi connectivity index (χ3v) is 4.53. The third-order valence-electron chi connectivity index (χ3n) is 4.53. The summed E-state index contributed by atoms with van der Waals surface area (Å²) < 4.78 is 4.97. The van der Waals surface area contributed by atoms with Crippen LogP contribution in [0.25, 0.3) is 6.08 Å². The minimum Gasteiger partial charge on any atom is -0.461 e. The van der Waals surface area contributed by atoms with Crippen LogP contribution in [0.5, 0.6) is 0 Å². The van der Waals surface area contributed by atoms with Crippen LogP contribution < -0.4 is 5.32 Å². The van der Waals surface area contributed by atoms with Crippen molar-refractivity contribution in [1.29, 1.82) is 0 Å². The summed E-state index contributed by atoms with van der Waals surface area (Å²) in [7, 11) is 0. The lowest BCUT2D eigenvalue weighted by Gasteiger charge is -2.03. The molecule has 0 spiro atoms. The Bertz CT molecular complexity index is 812. The van der Waals surface area contributed by atoms with Crippen molar-refractivity contribution < 1.29 is 19.1 Å². The highest BCUT2D eigenvalue weighted by molar-refractivity contribution is 6.01. The predicted molar refractivity (Wildman–Crippen MR) is 99.5 cm³/mol. The van der Waals surface area contributed by atoms with Crippen molar-refractivity contribution in [1.82, 2.24) is 10.3 Å². The smallest absolute Gasteiger partial charge is 0.306 e. The van der Waals surface area contributed by atoms with E-state index in [1.54, 1.807) is 0 Å². The summed E-state index contributed by atoms with van der Waals surface area (Å²) >= 11 is 0. The van der Waals surface area contributed by atoms with Gasteiger partial charge in [0, 0.05) is 23.4 Å². The van der Waals surface area contributed by atoms with E-state index >= 15 is 0 Å². The van der Waals surface area contributed by atoms with Gasteiger partial charge < -0.3 is 15.0 Å². The van der Waals surface area contributed by atoms with Gasteiger partial charge in [0.2, 0.25) is 0 Å². The van der Waals surface area contributed by atoms with E-state index in [1.165, 1.54) is 6.08 Å². The Balaban J connectivity index is 2.26. The predicted octanol–water partition coefficient (Wildman–Crippen LogP) is 2.99. The summed E-state index contributed by atoms with van der Waals surface area (Å²) in [6.45, 7) is 9.40. The number of hydrogen-bond acceptors (Lipinski definition) is 4. The summed E-state index contributed by atoms with van der Waals surface area (Å²) in [6, 6.07) is 0. The molecule has 1 aliphatic heterocycles. The SMILES string of the molecule is C=CCOC(=O)CCc1c(C=O)[nH]c(/C=C2\NC(=O)C(CC)=C2C)c1C. The molecule has 0 aromatic carbocycles. The largest absolute Gasteiger partial charge is 0.461 e. The molecule has 6 heteroatoms. The molecule has 138 valence electrons. The maximum absolute atomic E-state index is 12.0. The number of hydrogen-bond donors (Lipinski definition) is 2. The van der Waals surface area contributed by atoms with E-state index in [9.17, 15) is 14.4 Å². The number of carbonyl (C=O) groups is 3. The van der Waals surface area contributed by atoms with Gasteiger partial charge in [-0.05, 0) is 49.5 Å². The van der Waals surface area contributed by atoms with E-state index in [0.29, 0.717) is 18.5 Å². The highest BCUT2D eigenvalue weighted by Crippen LogP contribution is 2.27.